The molecule has 0 saturated carbocycles. The Kier molecular flexibility index (Phi) is 7.76. The molecule has 3 rings (SSSR count). The molecule has 0 bridgehead atoms. The summed E-state index contributed by atoms with van der Waals surface area (Å²) in [6.07, 6.45) is 1.08. The van der Waals surface area contributed by atoms with Gasteiger partial charge in [0.2, 0.25) is 17.7 Å². The van der Waals surface area contributed by atoms with Gasteiger partial charge in [-0.2, -0.15) is 0 Å². The second kappa shape index (κ2) is 10.9. The van der Waals surface area contributed by atoms with Crippen LogP contribution >= 0.6 is 0 Å². The fourth-order valence-corrected chi connectivity index (χ4v) is 3.36. The Balaban J connectivity index is 1.39. The van der Waals surface area contributed by atoms with Crippen molar-refractivity contribution in [1.29, 1.82) is 0 Å². The number of anilines is 1. The minimum absolute atomic E-state index is 0.108. The Bertz CT molecular complexity index is 1040. The van der Waals surface area contributed by atoms with Gasteiger partial charge in [0.25, 0.3) is 0 Å². The summed E-state index contributed by atoms with van der Waals surface area (Å²) < 4.78 is 0. The standard InChI is InChI=1S/C25H27N3O3/c1-18(16-24(30)28-22-13-7-11-20-10-5-6-12-21(20)22)27-25(31)17-26-23(29)15-14-19-8-3-2-4-9-19/h2-13,18H,14-17H2,1H3,(H,26,29)(H,27,31)(H,28,30)/t18-/m0/s1. The van der Waals surface area contributed by atoms with Crippen molar-refractivity contribution in [3.05, 3.63) is 78.4 Å². The molecule has 0 radical (unpaired) electrons. The minimum atomic E-state index is -0.358. The van der Waals surface area contributed by atoms with Gasteiger partial charge in [-0.25, -0.2) is 0 Å². The highest BCUT2D eigenvalue weighted by molar-refractivity contribution is 6.02. The number of carbonyl (C=O) groups excluding carboxylic acids is 3. The third-order valence-corrected chi connectivity index (χ3v) is 4.89. The lowest BCUT2D eigenvalue weighted by atomic mass is 10.1. The highest BCUT2D eigenvalue weighted by Gasteiger charge is 2.14. The van der Waals surface area contributed by atoms with Crippen LogP contribution in [0.25, 0.3) is 10.8 Å². The van der Waals surface area contributed by atoms with Crippen LogP contribution in [0, 0.1) is 0 Å². The molecule has 0 fully saturated rings. The average Bonchev–Trinajstić information content (AvgIpc) is 2.77. The third-order valence-electron chi connectivity index (χ3n) is 4.89. The van der Waals surface area contributed by atoms with Crippen LogP contribution in [0.2, 0.25) is 0 Å². The van der Waals surface area contributed by atoms with Gasteiger partial charge in [-0.15, -0.1) is 0 Å². The zero-order valence-corrected chi connectivity index (χ0v) is 17.6. The summed E-state index contributed by atoms with van der Waals surface area (Å²) in [5, 5.41) is 10.3. The summed E-state index contributed by atoms with van der Waals surface area (Å²) in [7, 11) is 0. The molecule has 31 heavy (non-hydrogen) atoms. The fraction of sp³-hybridized carbons (Fsp3) is 0.240. The van der Waals surface area contributed by atoms with Gasteiger partial charge in [0.05, 0.1) is 6.54 Å². The maximum atomic E-state index is 12.4. The van der Waals surface area contributed by atoms with Crippen LogP contribution in [0.1, 0.15) is 25.3 Å². The van der Waals surface area contributed by atoms with Crippen molar-refractivity contribution in [2.24, 2.45) is 0 Å². The molecule has 0 aliphatic rings. The summed E-state index contributed by atoms with van der Waals surface area (Å²) >= 11 is 0. The number of hydrogen-bond donors (Lipinski definition) is 3. The predicted octanol–water partition coefficient (Wildman–Crippen LogP) is 3.42. The van der Waals surface area contributed by atoms with E-state index in [0.29, 0.717) is 12.8 Å². The van der Waals surface area contributed by atoms with Crippen molar-refractivity contribution in [1.82, 2.24) is 10.6 Å². The highest BCUT2D eigenvalue weighted by Crippen LogP contribution is 2.23. The van der Waals surface area contributed by atoms with E-state index < -0.39 is 0 Å². The molecule has 3 aromatic rings. The van der Waals surface area contributed by atoms with Gasteiger partial charge >= 0.3 is 0 Å². The number of fused-ring (bicyclic) bond motifs is 1. The first-order chi connectivity index (χ1) is 15.0. The van der Waals surface area contributed by atoms with Gasteiger partial charge in [0, 0.05) is 30.0 Å². The first-order valence-electron chi connectivity index (χ1n) is 10.4. The maximum Gasteiger partial charge on any atom is 0.239 e. The second-order valence-corrected chi connectivity index (χ2v) is 7.51. The van der Waals surface area contributed by atoms with Crippen molar-refractivity contribution in [3.63, 3.8) is 0 Å². The molecular weight excluding hydrogens is 390 g/mol. The first-order valence-corrected chi connectivity index (χ1v) is 10.4. The Morgan fingerprint density at radius 3 is 2.32 bits per heavy atom. The van der Waals surface area contributed by atoms with Gasteiger partial charge in [0.15, 0.2) is 0 Å². The number of carbonyl (C=O) groups is 3. The van der Waals surface area contributed by atoms with Crippen LogP contribution in [-0.4, -0.2) is 30.3 Å². The molecule has 0 unspecified atom stereocenters. The van der Waals surface area contributed by atoms with Gasteiger partial charge < -0.3 is 16.0 Å². The smallest absolute Gasteiger partial charge is 0.239 e. The number of aryl methyl sites for hydroxylation is 1. The Labute approximate surface area is 182 Å². The van der Waals surface area contributed by atoms with E-state index >= 15 is 0 Å². The van der Waals surface area contributed by atoms with Crippen LogP contribution in [-0.2, 0) is 20.8 Å². The van der Waals surface area contributed by atoms with E-state index in [2.05, 4.69) is 16.0 Å². The molecule has 0 heterocycles. The Hall–Kier alpha value is -3.67. The average molecular weight is 418 g/mol. The molecule has 0 aliphatic carbocycles. The SMILES string of the molecule is C[C@@H](CC(=O)Nc1cccc2ccccc12)NC(=O)CNC(=O)CCc1ccccc1. The van der Waals surface area contributed by atoms with Crippen molar-refractivity contribution in [2.45, 2.75) is 32.2 Å². The molecule has 0 spiro atoms. The number of hydrogen-bond acceptors (Lipinski definition) is 3. The molecular formula is C25H27N3O3. The Morgan fingerprint density at radius 1 is 0.806 bits per heavy atom. The molecule has 6 nitrogen and oxygen atoms in total. The van der Waals surface area contributed by atoms with E-state index in [1.807, 2.05) is 72.8 Å². The van der Waals surface area contributed by atoms with E-state index in [0.717, 1.165) is 22.0 Å². The topological polar surface area (TPSA) is 87.3 Å². The first kappa shape index (κ1) is 22.0. The highest BCUT2D eigenvalue weighted by atomic mass is 16.2. The van der Waals surface area contributed by atoms with Crippen LogP contribution in [0.4, 0.5) is 5.69 Å². The summed E-state index contributed by atoms with van der Waals surface area (Å²) in [5.74, 6) is -0.685. The van der Waals surface area contributed by atoms with Crippen LogP contribution in [0.3, 0.4) is 0 Å². The molecule has 1 atom stereocenters. The van der Waals surface area contributed by atoms with Gasteiger partial charge in [-0.1, -0.05) is 66.7 Å². The molecule has 3 aromatic carbocycles. The Morgan fingerprint density at radius 2 is 1.52 bits per heavy atom. The van der Waals surface area contributed by atoms with Crippen molar-refractivity contribution < 1.29 is 14.4 Å². The molecule has 0 saturated heterocycles. The van der Waals surface area contributed by atoms with Crippen LogP contribution in [0.5, 0.6) is 0 Å². The molecule has 3 amide bonds. The maximum absolute atomic E-state index is 12.4. The summed E-state index contributed by atoms with van der Waals surface area (Å²) in [5.41, 5.74) is 1.82. The predicted molar refractivity (Wildman–Crippen MR) is 123 cm³/mol. The summed E-state index contributed by atoms with van der Waals surface area (Å²) in [6.45, 7) is 1.65. The van der Waals surface area contributed by atoms with E-state index in [9.17, 15) is 14.4 Å². The molecule has 160 valence electrons. The molecule has 3 N–H and O–H groups in total. The number of amides is 3. The number of nitrogens with one attached hydrogen (secondary N) is 3. The van der Waals surface area contributed by atoms with E-state index in [1.165, 1.54) is 0 Å². The van der Waals surface area contributed by atoms with E-state index in [-0.39, 0.29) is 36.7 Å². The number of benzene rings is 3. The second-order valence-electron chi connectivity index (χ2n) is 7.51. The third kappa shape index (κ3) is 6.96. The molecule has 0 aliphatic heterocycles. The zero-order chi connectivity index (χ0) is 22.1. The quantitative estimate of drug-likeness (QED) is 0.499. The number of rotatable bonds is 9. The van der Waals surface area contributed by atoms with E-state index in [4.69, 9.17) is 0 Å². The lowest BCUT2D eigenvalue weighted by Crippen LogP contribution is -2.42. The van der Waals surface area contributed by atoms with Gasteiger partial charge in [-0.05, 0) is 30.4 Å². The minimum Gasteiger partial charge on any atom is -0.352 e. The summed E-state index contributed by atoms with van der Waals surface area (Å²) in [6, 6.07) is 22.9. The van der Waals surface area contributed by atoms with Crippen molar-refractivity contribution in [3.8, 4) is 0 Å². The zero-order valence-electron chi connectivity index (χ0n) is 17.6. The van der Waals surface area contributed by atoms with Gasteiger partial charge in [-0.3, -0.25) is 14.4 Å². The van der Waals surface area contributed by atoms with Crippen molar-refractivity contribution >= 4 is 34.2 Å². The lowest BCUT2D eigenvalue weighted by Gasteiger charge is -2.15. The summed E-state index contributed by atoms with van der Waals surface area (Å²) in [4.78, 5) is 36.4. The normalized spacial score (nSPS) is 11.5. The van der Waals surface area contributed by atoms with E-state index in [1.54, 1.807) is 6.92 Å². The van der Waals surface area contributed by atoms with Gasteiger partial charge in [0.1, 0.15) is 0 Å². The lowest BCUT2D eigenvalue weighted by molar-refractivity contribution is -0.126. The van der Waals surface area contributed by atoms with Crippen LogP contribution < -0.4 is 16.0 Å². The molecule has 0 aromatic heterocycles. The van der Waals surface area contributed by atoms with Crippen LogP contribution in [0.15, 0.2) is 72.8 Å². The van der Waals surface area contributed by atoms with Crippen molar-refractivity contribution in [2.75, 3.05) is 11.9 Å². The fourth-order valence-electron chi connectivity index (χ4n) is 3.36. The molecule has 6 heteroatoms. The monoisotopic (exact) mass is 417 g/mol. The largest absolute Gasteiger partial charge is 0.352 e.